The van der Waals surface area contributed by atoms with E-state index in [4.69, 9.17) is 9.96 Å². The van der Waals surface area contributed by atoms with Crippen molar-refractivity contribution in [2.75, 3.05) is 19.8 Å². The van der Waals surface area contributed by atoms with E-state index >= 15 is 0 Å². The van der Waals surface area contributed by atoms with Crippen LogP contribution in [0.3, 0.4) is 0 Å². The summed E-state index contributed by atoms with van der Waals surface area (Å²) in [5.74, 6) is 0.333. The second-order valence-corrected chi connectivity index (χ2v) is 6.75. The summed E-state index contributed by atoms with van der Waals surface area (Å²) in [4.78, 5) is 18.9. The van der Waals surface area contributed by atoms with Crippen molar-refractivity contribution in [2.45, 2.75) is 67.7 Å². The molecule has 21 heavy (non-hydrogen) atoms. The second-order valence-electron chi connectivity index (χ2n) is 4.61. The van der Waals surface area contributed by atoms with Crippen LogP contribution < -0.4 is 0 Å². The Morgan fingerprint density at radius 3 is 1.00 bits per heavy atom. The van der Waals surface area contributed by atoms with Crippen LogP contribution in [0.1, 0.15) is 67.7 Å². The third-order valence-corrected chi connectivity index (χ3v) is 3.33. The summed E-state index contributed by atoms with van der Waals surface area (Å²) in [5.41, 5.74) is 0. The fraction of sp³-hybridized carbons (Fsp3) is 0.867. The van der Waals surface area contributed by atoms with Crippen molar-refractivity contribution >= 4 is 11.6 Å². The fourth-order valence-electron chi connectivity index (χ4n) is 0.681. The van der Waals surface area contributed by atoms with Gasteiger partial charge in [-0.25, -0.2) is 0 Å². The van der Waals surface area contributed by atoms with Gasteiger partial charge in [0.1, 0.15) is 11.6 Å². The van der Waals surface area contributed by atoms with E-state index in [1.54, 1.807) is 0 Å². The topological polar surface area (TPSA) is 61.8 Å². The Morgan fingerprint density at radius 1 is 0.667 bits per heavy atom. The van der Waals surface area contributed by atoms with Crippen LogP contribution in [-0.2, 0) is 38.6 Å². The van der Waals surface area contributed by atoms with E-state index < -0.39 is 19.0 Å². The van der Waals surface area contributed by atoms with Gasteiger partial charge in [-0.05, 0) is 27.7 Å². The van der Waals surface area contributed by atoms with E-state index in [9.17, 15) is 9.59 Å². The zero-order chi connectivity index (χ0) is 17.1. The van der Waals surface area contributed by atoms with Gasteiger partial charge in [0, 0.05) is 0 Å². The summed E-state index contributed by atoms with van der Waals surface area (Å²) in [6.07, 6.45) is 3.09. The molecule has 0 saturated carbocycles. The van der Waals surface area contributed by atoms with Crippen molar-refractivity contribution in [1.82, 2.24) is 0 Å². The SMILES string of the molecule is CC(C)=O.CC(C)=O.CCC[O][Ti]([O]CCC)[O]CCC. The number of hydrogen-bond donors (Lipinski definition) is 0. The minimum absolute atomic E-state index is 0.167. The van der Waals surface area contributed by atoms with E-state index in [2.05, 4.69) is 20.8 Å². The third kappa shape index (κ3) is 45.0. The zero-order valence-electron chi connectivity index (χ0n) is 14.8. The van der Waals surface area contributed by atoms with Gasteiger partial charge in [-0.2, -0.15) is 0 Å². The number of hydrogen-bond acceptors (Lipinski definition) is 5. The first kappa shape index (κ1) is 25.9. The summed E-state index contributed by atoms with van der Waals surface area (Å²) in [6.45, 7) is 14.7. The Morgan fingerprint density at radius 2 is 0.857 bits per heavy atom. The van der Waals surface area contributed by atoms with Crippen molar-refractivity contribution in [1.29, 1.82) is 0 Å². The predicted molar refractivity (Wildman–Crippen MR) is 81.4 cm³/mol. The molecule has 0 bridgehead atoms. The van der Waals surface area contributed by atoms with Crippen molar-refractivity contribution in [3.05, 3.63) is 0 Å². The molecular weight excluding hydrogens is 308 g/mol. The normalized spacial score (nSPS) is 8.90. The first-order chi connectivity index (χ1) is 9.81. The number of carbonyl (C=O) groups excluding carboxylic acids is 2. The second kappa shape index (κ2) is 22.2. The Hall–Kier alpha value is -0.0657. The molecule has 5 nitrogen and oxygen atoms in total. The molecule has 0 saturated heterocycles. The van der Waals surface area contributed by atoms with Crippen LogP contribution in [0.2, 0.25) is 0 Å². The van der Waals surface area contributed by atoms with Crippen molar-refractivity contribution in [2.24, 2.45) is 0 Å². The van der Waals surface area contributed by atoms with Crippen molar-refractivity contribution in [3.63, 3.8) is 0 Å². The monoisotopic (exact) mass is 341 g/mol. The molecule has 0 radical (unpaired) electrons. The maximum atomic E-state index is 9.44. The van der Waals surface area contributed by atoms with Gasteiger partial charge in [0.25, 0.3) is 0 Å². The van der Waals surface area contributed by atoms with Gasteiger partial charge in [-0.3, -0.25) is 0 Å². The summed E-state index contributed by atoms with van der Waals surface area (Å²) in [7, 11) is 0. The molecule has 0 amide bonds. The van der Waals surface area contributed by atoms with Gasteiger partial charge < -0.3 is 9.59 Å². The van der Waals surface area contributed by atoms with E-state index in [0.29, 0.717) is 0 Å². The molecule has 6 heteroatoms. The van der Waals surface area contributed by atoms with Crippen LogP contribution >= 0.6 is 0 Å². The Balaban J connectivity index is -0.000000334. The number of Topliss-reactive ketones (excluding diaryl/α,β-unsaturated/α-hetero) is 2. The molecule has 0 aliphatic heterocycles. The summed E-state index contributed by atoms with van der Waals surface area (Å²) < 4.78 is 16.6. The quantitative estimate of drug-likeness (QED) is 0.597. The van der Waals surface area contributed by atoms with Crippen LogP contribution in [0, 0.1) is 0 Å². The van der Waals surface area contributed by atoms with Crippen molar-refractivity contribution < 1.29 is 38.6 Å². The number of rotatable bonds is 9. The van der Waals surface area contributed by atoms with Gasteiger partial charge >= 0.3 is 88.8 Å². The zero-order valence-corrected chi connectivity index (χ0v) is 16.3. The molecule has 0 atom stereocenters. The molecule has 0 unspecified atom stereocenters. The molecule has 0 aromatic carbocycles. The van der Waals surface area contributed by atoms with Crippen LogP contribution in [0.25, 0.3) is 0 Å². The number of ketones is 2. The van der Waals surface area contributed by atoms with E-state index in [1.165, 1.54) is 27.7 Å². The Labute approximate surface area is 138 Å². The average molecular weight is 341 g/mol. The summed E-state index contributed by atoms with van der Waals surface area (Å²) in [6, 6.07) is 0. The van der Waals surface area contributed by atoms with E-state index in [0.717, 1.165) is 39.1 Å². The molecule has 127 valence electrons. The van der Waals surface area contributed by atoms with Gasteiger partial charge in [-0.15, -0.1) is 0 Å². The first-order valence-electron chi connectivity index (χ1n) is 7.51. The Kier molecular flexibility index (Phi) is 27.4. The standard InChI is InChI=1S/2C3H6O.3C3H7O.Ti/c2*1-3(2)4;3*1-2-3-4;/h2*1-2H3;3*2-3H2,1H3;/q;;3*-1;+3. The van der Waals surface area contributed by atoms with Gasteiger partial charge in [0.15, 0.2) is 0 Å². The van der Waals surface area contributed by atoms with E-state index in [-0.39, 0.29) is 11.6 Å². The first-order valence-corrected chi connectivity index (χ1v) is 9.42. The van der Waals surface area contributed by atoms with Gasteiger partial charge in [0.2, 0.25) is 0 Å². The van der Waals surface area contributed by atoms with Crippen LogP contribution in [0.15, 0.2) is 0 Å². The molecule has 0 spiro atoms. The van der Waals surface area contributed by atoms with E-state index in [1.807, 2.05) is 0 Å². The molecule has 0 fully saturated rings. The number of carbonyl (C=O) groups is 2. The average Bonchev–Trinajstić information content (AvgIpc) is 2.36. The van der Waals surface area contributed by atoms with Gasteiger partial charge in [-0.1, -0.05) is 0 Å². The van der Waals surface area contributed by atoms with Crippen molar-refractivity contribution in [3.8, 4) is 0 Å². The molecule has 0 rings (SSSR count). The molecule has 0 aromatic heterocycles. The molecule has 0 aliphatic carbocycles. The molecular formula is C15H33O5Ti. The Bertz CT molecular complexity index is 195. The summed E-state index contributed by atoms with van der Waals surface area (Å²) >= 11 is -2.05. The van der Waals surface area contributed by atoms with Crippen LogP contribution in [-0.4, -0.2) is 31.4 Å². The van der Waals surface area contributed by atoms with Crippen LogP contribution in [0.4, 0.5) is 0 Å². The molecule has 0 aromatic rings. The molecule has 0 N–H and O–H groups in total. The third-order valence-electron chi connectivity index (χ3n) is 1.27. The fourth-order valence-corrected chi connectivity index (χ4v) is 2.81. The maximum absolute atomic E-state index is 9.44. The van der Waals surface area contributed by atoms with Gasteiger partial charge in [0.05, 0.1) is 0 Å². The summed E-state index contributed by atoms with van der Waals surface area (Å²) in [5, 5.41) is 0. The minimum atomic E-state index is -2.05. The molecule has 0 heterocycles. The van der Waals surface area contributed by atoms with Crippen LogP contribution in [0.5, 0.6) is 0 Å². The predicted octanol–water partition coefficient (Wildman–Crippen LogP) is 3.82. The molecule has 0 aliphatic rings.